The Bertz CT molecular complexity index is 429. The molecule has 2 N–H and O–H groups in total. The fraction of sp³-hybridized carbons (Fsp3) is 0.588. The molecule has 0 bridgehead atoms. The van der Waals surface area contributed by atoms with Crippen molar-refractivity contribution in [3.05, 3.63) is 35.4 Å². The van der Waals surface area contributed by atoms with Crippen LogP contribution < -0.4 is 5.73 Å². The Kier molecular flexibility index (Phi) is 8.60. The van der Waals surface area contributed by atoms with Gasteiger partial charge in [0.15, 0.2) is 0 Å². The number of halogens is 1. The summed E-state index contributed by atoms with van der Waals surface area (Å²) in [5.74, 6) is 0.186. The number of nitrogens with zero attached hydrogens (tertiary/aromatic N) is 1. The molecule has 0 atom stereocenters. The smallest absolute Gasteiger partial charge is 0.222 e. The summed E-state index contributed by atoms with van der Waals surface area (Å²) in [6.07, 6.45) is 2.41. The summed E-state index contributed by atoms with van der Waals surface area (Å²) >= 11 is 0. The molecule has 0 unspecified atom stereocenters. The number of benzene rings is 1. The van der Waals surface area contributed by atoms with E-state index in [4.69, 9.17) is 5.73 Å². The number of hydrogen-bond donors (Lipinski definition) is 1. The molecule has 1 aromatic rings. The van der Waals surface area contributed by atoms with Crippen LogP contribution in [0.1, 0.15) is 38.3 Å². The maximum atomic E-state index is 12.1. The Hall–Kier alpha value is -1.06. The maximum Gasteiger partial charge on any atom is 0.222 e. The number of hydrogen-bond acceptors (Lipinski definition) is 2. The third kappa shape index (κ3) is 6.96. The summed E-state index contributed by atoms with van der Waals surface area (Å²) in [7, 11) is 1.86. The molecule has 1 amide bonds. The van der Waals surface area contributed by atoms with Crippen LogP contribution in [0.25, 0.3) is 0 Å². The fourth-order valence-corrected chi connectivity index (χ4v) is 2.18. The highest BCUT2D eigenvalue weighted by molar-refractivity contribution is 5.85. The van der Waals surface area contributed by atoms with E-state index < -0.39 is 0 Å². The number of carbonyl (C=O) groups is 1. The van der Waals surface area contributed by atoms with E-state index in [0.29, 0.717) is 19.5 Å². The van der Waals surface area contributed by atoms with E-state index in [1.165, 1.54) is 11.1 Å². The molecule has 0 heterocycles. The minimum atomic E-state index is -0.0207. The molecule has 0 saturated carbocycles. The Balaban J connectivity index is 0.00000400. The van der Waals surface area contributed by atoms with Gasteiger partial charge in [0.25, 0.3) is 0 Å². The standard InChI is InChI=1S/C17H28N2O.ClH/c1-5-14-6-8-15(9-7-14)10-11-16(20)19(4)13-17(2,3)12-18;/h6-9H,5,10-13,18H2,1-4H3;1H. The zero-order valence-corrected chi connectivity index (χ0v) is 14.5. The van der Waals surface area contributed by atoms with Crippen LogP contribution in [-0.2, 0) is 17.6 Å². The van der Waals surface area contributed by atoms with Crippen molar-refractivity contribution in [3.63, 3.8) is 0 Å². The zero-order chi connectivity index (χ0) is 15.2. The van der Waals surface area contributed by atoms with Gasteiger partial charge in [-0.25, -0.2) is 0 Å². The molecular formula is C17H29ClN2O. The Morgan fingerprint density at radius 3 is 2.19 bits per heavy atom. The molecule has 0 aromatic heterocycles. The topological polar surface area (TPSA) is 46.3 Å². The van der Waals surface area contributed by atoms with E-state index in [9.17, 15) is 4.79 Å². The second kappa shape index (κ2) is 9.06. The minimum absolute atomic E-state index is 0. The third-order valence-corrected chi connectivity index (χ3v) is 3.70. The predicted molar refractivity (Wildman–Crippen MR) is 91.9 cm³/mol. The van der Waals surface area contributed by atoms with E-state index in [1.807, 2.05) is 7.05 Å². The van der Waals surface area contributed by atoms with Crippen LogP contribution >= 0.6 is 12.4 Å². The largest absolute Gasteiger partial charge is 0.345 e. The van der Waals surface area contributed by atoms with Crippen molar-refractivity contribution < 1.29 is 4.79 Å². The van der Waals surface area contributed by atoms with Gasteiger partial charge in [-0.05, 0) is 35.9 Å². The monoisotopic (exact) mass is 312 g/mol. The highest BCUT2D eigenvalue weighted by atomic mass is 35.5. The van der Waals surface area contributed by atoms with Gasteiger partial charge in [-0.3, -0.25) is 4.79 Å². The van der Waals surface area contributed by atoms with Gasteiger partial charge in [0.1, 0.15) is 0 Å². The first kappa shape index (κ1) is 19.9. The van der Waals surface area contributed by atoms with Crippen LogP contribution in [0.5, 0.6) is 0 Å². The molecule has 1 rings (SSSR count). The summed E-state index contributed by atoms with van der Waals surface area (Å²) in [4.78, 5) is 13.9. The van der Waals surface area contributed by atoms with Gasteiger partial charge in [-0.1, -0.05) is 45.0 Å². The average molecular weight is 313 g/mol. The Morgan fingerprint density at radius 2 is 1.71 bits per heavy atom. The lowest BCUT2D eigenvalue weighted by atomic mass is 9.93. The van der Waals surface area contributed by atoms with Crippen LogP contribution in [0.15, 0.2) is 24.3 Å². The quantitative estimate of drug-likeness (QED) is 0.841. The van der Waals surface area contributed by atoms with Crippen LogP contribution in [0.2, 0.25) is 0 Å². The second-order valence-electron chi connectivity index (χ2n) is 6.29. The molecule has 3 nitrogen and oxygen atoms in total. The second-order valence-corrected chi connectivity index (χ2v) is 6.29. The van der Waals surface area contributed by atoms with E-state index in [2.05, 4.69) is 45.0 Å². The third-order valence-electron chi connectivity index (χ3n) is 3.70. The first-order valence-electron chi connectivity index (χ1n) is 7.40. The van der Waals surface area contributed by atoms with Crippen molar-refractivity contribution in [1.82, 2.24) is 4.90 Å². The zero-order valence-electron chi connectivity index (χ0n) is 13.7. The summed E-state index contributed by atoms with van der Waals surface area (Å²) in [5, 5.41) is 0. The van der Waals surface area contributed by atoms with Gasteiger partial charge in [-0.15, -0.1) is 12.4 Å². The van der Waals surface area contributed by atoms with Gasteiger partial charge in [0.2, 0.25) is 5.91 Å². The molecule has 0 spiro atoms. The van der Waals surface area contributed by atoms with E-state index >= 15 is 0 Å². The van der Waals surface area contributed by atoms with Crippen LogP contribution in [0, 0.1) is 5.41 Å². The molecule has 0 aliphatic rings. The summed E-state index contributed by atoms with van der Waals surface area (Å²) in [6.45, 7) is 7.60. The molecule has 120 valence electrons. The number of carbonyl (C=O) groups excluding carboxylic acids is 1. The maximum absolute atomic E-state index is 12.1. The molecular weight excluding hydrogens is 284 g/mol. The summed E-state index contributed by atoms with van der Waals surface area (Å²) in [5.41, 5.74) is 8.25. The van der Waals surface area contributed by atoms with Gasteiger partial charge >= 0.3 is 0 Å². The molecule has 0 aliphatic heterocycles. The first-order valence-corrected chi connectivity index (χ1v) is 7.40. The van der Waals surface area contributed by atoms with Crippen molar-refractivity contribution in [1.29, 1.82) is 0 Å². The lowest BCUT2D eigenvalue weighted by Crippen LogP contribution is -2.39. The predicted octanol–water partition coefficient (Wildman–Crippen LogP) is 3.05. The molecule has 21 heavy (non-hydrogen) atoms. The van der Waals surface area contributed by atoms with Crippen molar-refractivity contribution in [2.24, 2.45) is 11.1 Å². The molecule has 0 fully saturated rings. The van der Waals surface area contributed by atoms with E-state index in [1.54, 1.807) is 4.90 Å². The van der Waals surface area contributed by atoms with Gasteiger partial charge < -0.3 is 10.6 Å². The minimum Gasteiger partial charge on any atom is -0.345 e. The number of amides is 1. The van der Waals surface area contributed by atoms with Crippen molar-refractivity contribution in [2.75, 3.05) is 20.1 Å². The van der Waals surface area contributed by atoms with Gasteiger partial charge in [0.05, 0.1) is 0 Å². The van der Waals surface area contributed by atoms with Gasteiger partial charge in [0, 0.05) is 20.0 Å². The molecule has 1 aromatic carbocycles. The Labute approximate surface area is 135 Å². The normalized spacial score (nSPS) is 10.9. The number of aryl methyl sites for hydroxylation is 2. The highest BCUT2D eigenvalue weighted by Crippen LogP contribution is 2.15. The van der Waals surface area contributed by atoms with Crippen LogP contribution in [0.4, 0.5) is 0 Å². The van der Waals surface area contributed by atoms with Crippen molar-refractivity contribution >= 4 is 18.3 Å². The number of rotatable bonds is 7. The fourth-order valence-electron chi connectivity index (χ4n) is 2.18. The first-order chi connectivity index (χ1) is 9.38. The molecule has 0 radical (unpaired) electrons. The van der Waals surface area contributed by atoms with Crippen molar-refractivity contribution in [3.8, 4) is 0 Å². The molecule has 4 heteroatoms. The van der Waals surface area contributed by atoms with E-state index in [-0.39, 0.29) is 23.7 Å². The number of nitrogens with two attached hydrogens (primary N) is 1. The van der Waals surface area contributed by atoms with Crippen molar-refractivity contribution in [2.45, 2.75) is 40.0 Å². The lowest BCUT2D eigenvalue weighted by molar-refractivity contribution is -0.131. The average Bonchev–Trinajstić information content (AvgIpc) is 2.44. The Morgan fingerprint density at radius 1 is 1.19 bits per heavy atom. The lowest BCUT2D eigenvalue weighted by Gasteiger charge is -2.29. The summed E-state index contributed by atoms with van der Waals surface area (Å²) < 4.78 is 0. The van der Waals surface area contributed by atoms with Crippen LogP contribution in [0.3, 0.4) is 0 Å². The molecule has 0 saturated heterocycles. The highest BCUT2D eigenvalue weighted by Gasteiger charge is 2.20. The van der Waals surface area contributed by atoms with Crippen LogP contribution in [-0.4, -0.2) is 30.9 Å². The molecule has 0 aliphatic carbocycles. The SMILES string of the molecule is CCc1ccc(CCC(=O)N(C)CC(C)(C)CN)cc1.Cl. The van der Waals surface area contributed by atoms with E-state index in [0.717, 1.165) is 12.8 Å². The summed E-state index contributed by atoms with van der Waals surface area (Å²) in [6, 6.07) is 8.52. The van der Waals surface area contributed by atoms with Gasteiger partial charge in [-0.2, -0.15) is 0 Å².